The molecule has 1 N–H and O–H groups in total. The molecule has 6 nitrogen and oxygen atoms in total. The van der Waals surface area contributed by atoms with E-state index in [9.17, 15) is 9.36 Å². The summed E-state index contributed by atoms with van der Waals surface area (Å²) in [6.45, 7) is 6.16. The van der Waals surface area contributed by atoms with Gasteiger partial charge in [0.25, 0.3) is 5.56 Å². The van der Waals surface area contributed by atoms with Crippen LogP contribution in [0.15, 0.2) is 17.1 Å². The van der Waals surface area contributed by atoms with Crippen LogP contribution in [0.2, 0.25) is 0 Å². The lowest BCUT2D eigenvalue weighted by molar-refractivity contribution is 0.212. The van der Waals surface area contributed by atoms with Crippen molar-refractivity contribution in [3.05, 3.63) is 27.4 Å². The highest BCUT2D eigenvalue weighted by molar-refractivity contribution is 8.04. The molecule has 1 aromatic heterocycles. The SMILES string of the molecule is CCOP(=O)(OCC)C(SC)C(CC)n1ccc(=O)[nH]c1=S. The predicted octanol–water partition coefficient (Wildman–Crippen LogP) is 3.81. The molecule has 9 heteroatoms. The van der Waals surface area contributed by atoms with Crippen molar-refractivity contribution in [1.29, 1.82) is 0 Å². The van der Waals surface area contributed by atoms with Crippen molar-refractivity contribution in [3.63, 3.8) is 0 Å². The van der Waals surface area contributed by atoms with Crippen LogP contribution in [0.5, 0.6) is 0 Å². The van der Waals surface area contributed by atoms with Gasteiger partial charge in [0, 0.05) is 12.3 Å². The monoisotopic (exact) mass is 366 g/mol. The van der Waals surface area contributed by atoms with E-state index in [-0.39, 0.29) is 11.6 Å². The minimum atomic E-state index is -3.30. The highest BCUT2D eigenvalue weighted by Gasteiger charge is 2.41. The van der Waals surface area contributed by atoms with Crippen molar-refractivity contribution in [3.8, 4) is 0 Å². The van der Waals surface area contributed by atoms with Crippen LogP contribution in [0.1, 0.15) is 33.2 Å². The van der Waals surface area contributed by atoms with Crippen LogP contribution in [0.4, 0.5) is 0 Å². The van der Waals surface area contributed by atoms with Gasteiger partial charge in [-0.15, -0.1) is 11.8 Å². The van der Waals surface area contributed by atoms with Gasteiger partial charge < -0.3 is 13.6 Å². The Morgan fingerprint density at radius 1 is 1.36 bits per heavy atom. The molecule has 0 bridgehead atoms. The molecular weight excluding hydrogens is 343 g/mol. The van der Waals surface area contributed by atoms with Gasteiger partial charge >= 0.3 is 7.60 Å². The summed E-state index contributed by atoms with van der Waals surface area (Å²) in [5, 5.41) is 0. The van der Waals surface area contributed by atoms with Crippen LogP contribution < -0.4 is 5.56 Å². The number of thioether (sulfide) groups is 1. The molecule has 22 heavy (non-hydrogen) atoms. The first-order valence-corrected chi connectivity index (χ1v) is 10.5. The van der Waals surface area contributed by atoms with E-state index in [1.807, 2.05) is 13.2 Å². The number of H-pyrrole nitrogens is 1. The quantitative estimate of drug-likeness (QED) is 0.529. The van der Waals surface area contributed by atoms with Gasteiger partial charge in [-0.05, 0) is 38.7 Å². The van der Waals surface area contributed by atoms with Crippen molar-refractivity contribution < 1.29 is 13.6 Å². The molecule has 0 aliphatic heterocycles. The second-order valence-corrected chi connectivity index (χ2v) is 8.36. The summed E-state index contributed by atoms with van der Waals surface area (Å²) in [5.41, 5.74) is -0.255. The zero-order valence-electron chi connectivity index (χ0n) is 13.3. The van der Waals surface area contributed by atoms with Crippen molar-refractivity contribution in [2.75, 3.05) is 19.5 Å². The van der Waals surface area contributed by atoms with Crippen LogP contribution in [0.3, 0.4) is 0 Å². The predicted molar refractivity (Wildman–Crippen MR) is 93.4 cm³/mol. The lowest BCUT2D eigenvalue weighted by Gasteiger charge is -2.32. The maximum atomic E-state index is 13.1. The minimum absolute atomic E-state index is 0.205. The lowest BCUT2D eigenvalue weighted by atomic mass is 10.2. The summed E-state index contributed by atoms with van der Waals surface area (Å²) in [4.78, 5) is 13.5. The first-order chi connectivity index (χ1) is 10.4. The molecule has 0 aliphatic carbocycles. The summed E-state index contributed by atoms with van der Waals surface area (Å²) in [6, 6.07) is 1.20. The molecule has 1 rings (SSSR count). The first-order valence-electron chi connectivity index (χ1n) is 7.16. The zero-order valence-corrected chi connectivity index (χ0v) is 15.8. The topological polar surface area (TPSA) is 73.3 Å². The van der Waals surface area contributed by atoms with Crippen LogP contribution in [-0.4, -0.2) is 34.0 Å². The average Bonchev–Trinajstić information content (AvgIpc) is 2.45. The fourth-order valence-electron chi connectivity index (χ4n) is 2.27. The Hall–Kier alpha value is -0.400. The van der Waals surface area contributed by atoms with Crippen LogP contribution in [0, 0.1) is 4.77 Å². The summed E-state index contributed by atoms with van der Waals surface area (Å²) in [7, 11) is -3.30. The number of nitrogens with zero attached hydrogens (tertiary/aromatic N) is 1. The molecule has 0 saturated heterocycles. The number of rotatable bonds is 9. The molecule has 1 aromatic rings. The van der Waals surface area contributed by atoms with E-state index in [0.717, 1.165) is 0 Å². The molecule has 0 amide bonds. The number of aromatic nitrogens is 2. The van der Waals surface area contributed by atoms with Gasteiger partial charge in [-0.2, -0.15) is 0 Å². The largest absolute Gasteiger partial charge is 0.345 e. The molecule has 0 radical (unpaired) electrons. The Balaban J connectivity index is 3.31. The van der Waals surface area contributed by atoms with E-state index in [1.165, 1.54) is 17.8 Å². The third-order valence-corrected chi connectivity index (χ3v) is 7.85. The molecule has 2 unspecified atom stereocenters. The van der Waals surface area contributed by atoms with Gasteiger partial charge in [-0.1, -0.05) is 6.92 Å². The van der Waals surface area contributed by atoms with E-state index in [4.69, 9.17) is 21.3 Å². The van der Waals surface area contributed by atoms with E-state index < -0.39 is 12.6 Å². The molecule has 0 spiro atoms. The highest BCUT2D eigenvalue weighted by atomic mass is 32.2. The van der Waals surface area contributed by atoms with Gasteiger partial charge in [-0.3, -0.25) is 14.3 Å². The van der Waals surface area contributed by atoms with E-state index in [0.29, 0.717) is 24.4 Å². The maximum Gasteiger partial charge on any atom is 0.345 e. The molecule has 0 fully saturated rings. The number of nitrogens with one attached hydrogen (secondary N) is 1. The Morgan fingerprint density at radius 3 is 2.36 bits per heavy atom. The molecule has 0 aliphatic rings. The molecular formula is C13H23N2O4PS2. The molecule has 126 valence electrons. The van der Waals surface area contributed by atoms with E-state index in [1.54, 1.807) is 24.6 Å². The van der Waals surface area contributed by atoms with Crippen LogP contribution >= 0.6 is 31.6 Å². The zero-order chi connectivity index (χ0) is 16.8. The summed E-state index contributed by atoms with van der Waals surface area (Å²) < 4.78 is 26.1. The van der Waals surface area contributed by atoms with Crippen molar-refractivity contribution in [2.24, 2.45) is 0 Å². The number of hydrogen-bond donors (Lipinski definition) is 1. The Kier molecular flexibility index (Phi) is 8.07. The van der Waals surface area contributed by atoms with Crippen molar-refractivity contribution in [2.45, 2.75) is 38.2 Å². The van der Waals surface area contributed by atoms with Crippen molar-refractivity contribution in [1.82, 2.24) is 9.55 Å². The Labute approximate surface area is 140 Å². The Morgan fingerprint density at radius 2 is 1.95 bits per heavy atom. The number of hydrogen-bond acceptors (Lipinski definition) is 6. The van der Waals surface area contributed by atoms with Crippen molar-refractivity contribution >= 4 is 31.6 Å². The first kappa shape index (κ1) is 19.6. The third kappa shape index (κ3) is 4.55. The van der Waals surface area contributed by atoms with Gasteiger partial charge in [0.2, 0.25) is 0 Å². The average molecular weight is 366 g/mol. The fraction of sp³-hybridized carbons (Fsp3) is 0.692. The summed E-state index contributed by atoms with van der Waals surface area (Å²) in [6.07, 6.45) is 4.17. The van der Waals surface area contributed by atoms with Gasteiger partial charge in [0.05, 0.1) is 19.3 Å². The highest BCUT2D eigenvalue weighted by Crippen LogP contribution is 2.60. The van der Waals surface area contributed by atoms with Gasteiger partial charge in [-0.25, -0.2) is 0 Å². The molecule has 0 saturated carbocycles. The van der Waals surface area contributed by atoms with E-state index in [2.05, 4.69) is 4.98 Å². The normalized spacial score (nSPS) is 14.7. The van der Waals surface area contributed by atoms with E-state index >= 15 is 0 Å². The van der Waals surface area contributed by atoms with Crippen LogP contribution in [-0.2, 0) is 13.6 Å². The Bertz CT molecular complexity index is 621. The molecule has 1 heterocycles. The van der Waals surface area contributed by atoms with Gasteiger partial charge in [0.1, 0.15) is 4.99 Å². The molecule has 2 atom stereocenters. The minimum Gasteiger partial charge on any atom is -0.320 e. The fourth-order valence-corrected chi connectivity index (χ4v) is 6.46. The second-order valence-electron chi connectivity index (χ2n) is 4.49. The molecule has 0 aromatic carbocycles. The maximum absolute atomic E-state index is 13.1. The lowest BCUT2D eigenvalue weighted by Crippen LogP contribution is -2.26. The summed E-state index contributed by atoms with van der Waals surface area (Å²) in [5.74, 6) is 0. The third-order valence-electron chi connectivity index (χ3n) is 3.13. The smallest absolute Gasteiger partial charge is 0.320 e. The van der Waals surface area contributed by atoms with Gasteiger partial charge in [0.15, 0.2) is 4.77 Å². The van der Waals surface area contributed by atoms with Crippen LogP contribution in [0.25, 0.3) is 0 Å². The standard InChI is InChI=1S/C13H23N2O4PS2/c1-5-10(15-9-8-11(16)14-13(15)21)12(22-4)20(17,18-6-2)19-7-3/h8-10,12H,5-7H2,1-4H3,(H,14,16,21). The number of aromatic amines is 1. The second kappa shape index (κ2) is 9.03. The summed E-state index contributed by atoms with van der Waals surface area (Å²) >= 11 is 6.65.